The van der Waals surface area contributed by atoms with Crippen LogP contribution in [0.1, 0.15) is 115 Å². The minimum atomic E-state index is -2.06. The molecular formula is C43H61GeIrN2O2-. The molecule has 1 radical (unpaired) electrons. The van der Waals surface area contributed by atoms with Crippen LogP contribution in [0.2, 0.25) is 17.3 Å². The third kappa shape index (κ3) is 9.32. The van der Waals surface area contributed by atoms with Gasteiger partial charge in [0.1, 0.15) is 5.76 Å². The van der Waals surface area contributed by atoms with E-state index in [0.717, 1.165) is 59.2 Å². The summed E-state index contributed by atoms with van der Waals surface area (Å²) in [4.78, 5) is 22.4. The first kappa shape index (κ1) is 42.8. The third-order valence-corrected chi connectivity index (χ3v) is 15.5. The maximum Gasteiger partial charge on any atom is 0 e. The molecule has 0 aliphatic heterocycles. The van der Waals surface area contributed by atoms with Crippen LogP contribution in [0.4, 0.5) is 0 Å². The Balaban J connectivity index is 0.000000398. The fourth-order valence-corrected chi connectivity index (χ4v) is 12.0. The Kier molecular flexibility index (Phi) is 14.7. The largest absolute Gasteiger partial charge is 0 e. The molecule has 0 atom stereocenters. The molecule has 1 N–H and O–H groups in total. The van der Waals surface area contributed by atoms with Gasteiger partial charge in [-0.2, -0.15) is 0 Å². The first-order valence-electron chi connectivity index (χ1n) is 18.0. The molecule has 0 aliphatic rings. The van der Waals surface area contributed by atoms with Crippen molar-refractivity contribution in [2.24, 2.45) is 10.8 Å². The molecule has 4 aromatic rings. The standard InChI is InChI=1S/C28H33GeN2.C15H28O2.Ir/c1-16(2)28-30-26(22-13-17(3)12-18(4)14-22)23-11-10-21-15-19(5)25(29(7,8)9)20(6)24(21)27(23)31-28;1-7-14(5,8-2)12(16)11-13(17)15(6,9-3)10-4;/h10-13,15-16H,1-9H3;11,16H,7-10H2,1-6H3;/q-1;;/b;12-11-;. The molecule has 4 nitrogen and oxygen atoms in total. The van der Waals surface area contributed by atoms with Crippen LogP contribution in [0.25, 0.3) is 32.9 Å². The average molecular weight is 903 g/mol. The molecule has 0 aliphatic carbocycles. The van der Waals surface area contributed by atoms with Gasteiger partial charge in [-0.1, -0.05) is 41.5 Å². The zero-order valence-corrected chi connectivity index (χ0v) is 37.4. The third-order valence-electron chi connectivity index (χ3n) is 10.7. The SMILES string of the molecule is CCC(C)(CC)C(=O)/C=C(\O)C(C)(CC)CC.Cc1[c-]c(-c2nc(C(C)C)nc3c2ccc2cc(C)[c]([Ge]([CH3])([CH3])[CH3])c(C)c23)cc(C)c1.[Ir]. The quantitative estimate of drug-likeness (QED) is 0.0566. The molecule has 0 bridgehead atoms. The number of carbonyl (C=O) groups is 1. The maximum atomic E-state index is 12.2. The molecular weight excluding hydrogens is 841 g/mol. The number of allylic oxidation sites excluding steroid dienone is 2. The molecule has 0 spiro atoms. The van der Waals surface area contributed by atoms with Crippen molar-refractivity contribution in [1.29, 1.82) is 0 Å². The number of rotatable bonds is 10. The van der Waals surface area contributed by atoms with Gasteiger partial charge in [-0.05, 0) is 25.7 Å². The second-order valence-electron chi connectivity index (χ2n) is 15.8. The van der Waals surface area contributed by atoms with Crippen molar-refractivity contribution < 1.29 is 30.0 Å². The predicted octanol–water partition coefficient (Wildman–Crippen LogP) is 11.8. The Labute approximate surface area is 313 Å². The van der Waals surface area contributed by atoms with Crippen LogP contribution in [0, 0.1) is 44.6 Å². The minimum Gasteiger partial charge on any atom is 0 e. The van der Waals surface area contributed by atoms with Gasteiger partial charge in [0, 0.05) is 37.0 Å². The molecule has 0 saturated heterocycles. The summed E-state index contributed by atoms with van der Waals surface area (Å²) in [6, 6.07) is 14.7. The number of benzene rings is 3. The van der Waals surface area contributed by atoms with Gasteiger partial charge in [-0.3, -0.25) is 4.79 Å². The van der Waals surface area contributed by atoms with E-state index in [4.69, 9.17) is 9.97 Å². The van der Waals surface area contributed by atoms with Crippen molar-refractivity contribution in [2.75, 3.05) is 0 Å². The van der Waals surface area contributed by atoms with Crippen LogP contribution < -0.4 is 4.40 Å². The Morgan fingerprint density at radius 3 is 1.96 bits per heavy atom. The summed E-state index contributed by atoms with van der Waals surface area (Å²) in [5, 5.41) is 13.8. The van der Waals surface area contributed by atoms with E-state index >= 15 is 0 Å². The summed E-state index contributed by atoms with van der Waals surface area (Å²) in [6.45, 7) is 25.3. The summed E-state index contributed by atoms with van der Waals surface area (Å²) in [5.74, 6) is 8.90. The molecule has 1 aromatic heterocycles. The molecule has 6 heteroatoms. The van der Waals surface area contributed by atoms with Gasteiger partial charge in [0.2, 0.25) is 0 Å². The van der Waals surface area contributed by atoms with Gasteiger partial charge in [0.15, 0.2) is 5.78 Å². The smallest absolute Gasteiger partial charge is 0 e. The molecule has 0 fully saturated rings. The molecule has 4 rings (SSSR count). The number of hydrogen-bond donors (Lipinski definition) is 1. The number of aryl methyl sites for hydroxylation is 4. The van der Waals surface area contributed by atoms with E-state index in [1.54, 1.807) is 4.40 Å². The summed E-state index contributed by atoms with van der Waals surface area (Å²) < 4.78 is 1.60. The molecule has 0 amide bonds. The van der Waals surface area contributed by atoms with E-state index in [2.05, 4.69) is 95.2 Å². The van der Waals surface area contributed by atoms with Crippen LogP contribution in [-0.4, -0.2) is 34.1 Å². The summed E-state index contributed by atoms with van der Waals surface area (Å²) in [6.07, 6.45) is 4.75. The van der Waals surface area contributed by atoms with E-state index in [1.165, 1.54) is 33.5 Å². The number of carbonyl (C=O) groups excluding carboxylic acids is 1. The van der Waals surface area contributed by atoms with Crippen molar-refractivity contribution in [3.05, 3.63) is 76.3 Å². The number of ketones is 1. The van der Waals surface area contributed by atoms with Crippen molar-refractivity contribution in [3.63, 3.8) is 0 Å². The second-order valence-corrected chi connectivity index (χ2v) is 26.3. The van der Waals surface area contributed by atoms with Gasteiger partial charge in [0.25, 0.3) is 0 Å². The zero-order valence-electron chi connectivity index (χ0n) is 33.0. The monoisotopic (exact) mass is 904 g/mol. The fourth-order valence-electron chi connectivity index (χ4n) is 6.79. The van der Waals surface area contributed by atoms with Crippen LogP contribution in [-0.2, 0) is 24.9 Å². The Morgan fingerprint density at radius 2 is 1.47 bits per heavy atom. The number of nitrogens with zero attached hydrogens (tertiary/aromatic N) is 2. The minimum absolute atomic E-state index is 0. The zero-order chi connectivity index (χ0) is 36.4. The molecule has 1 heterocycles. The van der Waals surface area contributed by atoms with Crippen molar-refractivity contribution >= 4 is 45.1 Å². The second kappa shape index (κ2) is 16.8. The van der Waals surface area contributed by atoms with Gasteiger partial charge in [-0.25, -0.2) is 0 Å². The maximum absolute atomic E-state index is 12.2. The van der Waals surface area contributed by atoms with Crippen molar-refractivity contribution in [2.45, 2.75) is 132 Å². The number of aliphatic hydroxyl groups is 1. The first-order chi connectivity index (χ1) is 22.3. The Hall–Kier alpha value is -2.34. The Bertz CT molecular complexity index is 1810. The van der Waals surface area contributed by atoms with E-state index in [9.17, 15) is 9.90 Å². The molecule has 269 valence electrons. The van der Waals surface area contributed by atoms with Crippen LogP contribution in [0.3, 0.4) is 0 Å². The molecule has 49 heavy (non-hydrogen) atoms. The summed E-state index contributed by atoms with van der Waals surface area (Å²) >= 11 is -2.06. The Morgan fingerprint density at radius 1 is 0.898 bits per heavy atom. The molecule has 0 unspecified atom stereocenters. The number of aliphatic hydroxyl groups excluding tert-OH is 1. The first-order valence-corrected chi connectivity index (χ1v) is 25.3. The van der Waals surface area contributed by atoms with Crippen LogP contribution >= 0.6 is 0 Å². The average Bonchev–Trinajstić information content (AvgIpc) is 3.01. The molecule has 3 aromatic carbocycles. The number of aromatic nitrogens is 2. The topological polar surface area (TPSA) is 63.1 Å². The van der Waals surface area contributed by atoms with Crippen molar-refractivity contribution in [1.82, 2.24) is 9.97 Å². The van der Waals surface area contributed by atoms with Gasteiger partial charge < -0.3 is 5.11 Å². The predicted molar refractivity (Wildman–Crippen MR) is 210 cm³/mol. The number of fused-ring (bicyclic) bond motifs is 3. The van der Waals surface area contributed by atoms with Crippen LogP contribution in [0.5, 0.6) is 0 Å². The van der Waals surface area contributed by atoms with Crippen molar-refractivity contribution in [3.8, 4) is 11.3 Å². The normalized spacial score (nSPS) is 12.6. The summed E-state index contributed by atoms with van der Waals surface area (Å²) in [5.41, 5.74) is 7.77. The van der Waals surface area contributed by atoms with E-state index in [0.29, 0.717) is 0 Å². The molecule has 0 saturated carbocycles. The fraction of sp³-hybridized carbons (Fsp3) is 0.512. The summed E-state index contributed by atoms with van der Waals surface area (Å²) in [7, 11) is 0. The number of hydrogen-bond acceptors (Lipinski definition) is 4. The van der Waals surface area contributed by atoms with Gasteiger partial charge in [-0.15, -0.1) is 0 Å². The van der Waals surface area contributed by atoms with E-state index in [-0.39, 0.29) is 48.4 Å². The van der Waals surface area contributed by atoms with Gasteiger partial charge >= 0.3 is 190 Å². The van der Waals surface area contributed by atoms with Gasteiger partial charge in [0.05, 0.1) is 0 Å². The van der Waals surface area contributed by atoms with Crippen LogP contribution in [0.15, 0.2) is 42.2 Å². The van der Waals surface area contributed by atoms with E-state index < -0.39 is 13.3 Å². The van der Waals surface area contributed by atoms with E-state index in [1.807, 2.05) is 41.5 Å².